The lowest BCUT2D eigenvalue weighted by Gasteiger charge is -2.39. The number of likely N-dealkylation sites (tertiary alicyclic amines) is 1. The summed E-state index contributed by atoms with van der Waals surface area (Å²) in [6.45, 7) is 7.87. The largest absolute Gasteiger partial charge is 0.467 e. The molecule has 210 valence electrons. The lowest BCUT2D eigenvalue weighted by Crippen LogP contribution is -2.51. The van der Waals surface area contributed by atoms with E-state index in [1.807, 2.05) is 19.2 Å². The number of hydrogen-bond donors (Lipinski definition) is 1. The second-order valence-corrected chi connectivity index (χ2v) is 10.9. The predicted molar refractivity (Wildman–Crippen MR) is 145 cm³/mol. The molecule has 2 aromatic heterocycles. The summed E-state index contributed by atoms with van der Waals surface area (Å²) in [4.78, 5) is 13.6. The van der Waals surface area contributed by atoms with Gasteiger partial charge in [0.15, 0.2) is 5.82 Å². The standard InChI is InChI=1S/C28H37FN6O4/c1-17-9-19-12-30-35(24(19)10-22(17)21-5-4-6-33(13-23(21)29)20-15-38-16-20)27-11-26(31-28(32-27)37-3)34-7-8-39-25(14-36)18(34)2/h9-12,18,20-21,23,25,36H,4-8,13-16H2,1-3H3/t18?,21?,23?,25-/m0/s1. The van der Waals surface area contributed by atoms with Gasteiger partial charge >= 0.3 is 6.01 Å². The van der Waals surface area contributed by atoms with Crippen LogP contribution in [0.2, 0.25) is 0 Å². The van der Waals surface area contributed by atoms with Crippen LogP contribution in [-0.2, 0) is 9.47 Å². The van der Waals surface area contributed by atoms with Crippen LogP contribution in [0.25, 0.3) is 16.7 Å². The summed E-state index contributed by atoms with van der Waals surface area (Å²) >= 11 is 0. The summed E-state index contributed by atoms with van der Waals surface area (Å²) < 4.78 is 34.1. The molecule has 3 fully saturated rings. The molecule has 6 rings (SSSR count). The van der Waals surface area contributed by atoms with Gasteiger partial charge in [0, 0.05) is 30.5 Å². The molecule has 0 bridgehead atoms. The van der Waals surface area contributed by atoms with Gasteiger partial charge in [-0.1, -0.05) is 0 Å². The monoisotopic (exact) mass is 540 g/mol. The first-order valence-electron chi connectivity index (χ1n) is 13.8. The van der Waals surface area contributed by atoms with Gasteiger partial charge < -0.3 is 24.2 Å². The fourth-order valence-corrected chi connectivity index (χ4v) is 6.16. The average molecular weight is 541 g/mol. The number of anilines is 1. The Kier molecular flexibility index (Phi) is 7.41. The highest BCUT2D eigenvalue weighted by Gasteiger charge is 2.35. The van der Waals surface area contributed by atoms with E-state index in [0.717, 1.165) is 41.4 Å². The Labute approximate surface area is 227 Å². The van der Waals surface area contributed by atoms with Crippen molar-refractivity contribution < 1.29 is 23.7 Å². The molecule has 3 saturated heterocycles. The minimum Gasteiger partial charge on any atom is -0.467 e. The van der Waals surface area contributed by atoms with Crippen LogP contribution in [0, 0.1) is 6.92 Å². The van der Waals surface area contributed by atoms with Crippen molar-refractivity contribution in [3.63, 3.8) is 0 Å². The number of aliphatic hydroxyl groups is 1. The van der Waals surface area contributed by atoms with Crippen LogP contribution in [-0.4, -0.2) is 107 Å². The third-order valence-corrected chi connectivity index (χ3v) is 8.54. The number of halogens is 1. The van der Waals surface area contributed by atoms with Crippen LogP contribution in [0.5, 0.6) is 6.01 Å². The molecular formula is C28H37FN6O4. The van der Waals surface area contributed by atoms with Crippen LogP contribution in [0.1, 0.15) is 36.8 Å². The van der Waals surface area contributed by atoms with Gasteiger partial charge in [-0.25, -0.2) is 9.07 Å². The second-order valence-electron chi connectivity index (χ2n) is 10.9. The Morgan fingerprint density at radius 1 is 1.15 bits per heavy atom. The van der Waals surface area contributed by atoms with Gasteiger partial charge in [-0.15, -0.1) is 0 Å². The Bertz CT molecular complexity index is 1320. The smallest absolute Gasteiger partial charge is 0.320 e. The summed E-state index contributed by atoms with van der Waals surface area (Å²) in [5.41, 5.74) is 2.97. The molecule has 39 heavy (non-hydrogen) atoms. The lowest BCUT2D eigenvalue weighted by atomic mass is 9.87. The molecule has 0 amide bonds. The van der Waals surface area contributed by atoms with Crippen molar-refractivity contribution in [1.29, 1.82) is 0 Å². The molecule has 0 aliphatic carbocycles. The van der Waals surface area contributed by atoms with E-state index in [0.29, 0.717) is 50.6 Å². The van der Waals surface area contributed by atoms with Crippen LogP contribution in [0.4, 0.5) is 10.2 Å². The lowest BCUT2D eigenvalue weighted by molar-refractivity contribution is -0.0684. The molecule has 3 aliphatic heterocycles. The molecular weight excluding hydrogens is 503 g/mol. The topological polar surface area (TPSA) is 98.0 Å². The Morgan fingerprint density at radius 2 is 1.97 bits per heavy atom. The Morgan fingerprint density at radius 3 is 2.72 bits per heavy atom. The third kappa shape index (κ3) is 4.97. The number of morpholine rings is 1. The zero-order chi connectivity index (χ0) is 27.1. The molecule has 10 nitrogen and oxygen atoms in total. The van der Waals surface area contributed by atoms with Gasteiger partial charge in [-0.05, 0) is 56.5 Å². The summed E-state index contributed by atoms with van der Waals surface area (Å²) in [5, 5.41) is 15.4. The summed E-state index contributed by atoms with van der Waals surface area (Å²) in [6.07, 6.45) is 2.32. The number of hydrogen-bond acceptors (Lipinski definition) is 9. The van der Waals surface area contributed by atoms with Crippen molar-refractivity contribution in [2.24, 2.45) is 0 Å². The minimum atomic E-state index is -0.950. The van der Waals surface area contributed by atoms with E-state index in [1.165, 1.54) is 7.11 Å². The highest BCUT2D eigenvalue weighted by molar-refractivity contribution is 5.82. The molecule has 3 unspecified atom stereocenters. The van der Waals surface area contributed by atoms with Gasteiger partial charge in [-0.3, -0.25) is 4.90 Å². The summed E-state index contributed by atoms with van der Waals surface area (Å²) in [7, 11) is 1.54. The maximum Gasteiger partial charge on any atom is 0.320 e. The molecule has 4 atom stereocenters. The van der Waals surface area contributed by atoms with Crippen molar-refractivity contribution in [3.05, 3.63) is 35.5 Å². The van der Waals surface area contributed by atoms with Crippen LogP contribution < -0.4 is 9.64 Å². The highest BCUT2D eigenvalue weighted by Crippen LogP contribution is 2.36. The quantitative estimate of drug-likeness (QED) is 0.506. The van der Waals surface area contributed by atoms with E-state index >= 15 is 4.39 Å². The van der Waals surface area contributed by atoms with E-state index in [2.05, 4.69) is 43.9 Å². The first kappa shape index (κ1) is 26.4. The number of aryl methyl sites for hydroxylation is 1. The Hall–Kier alpha value is -2.86. The van der Waals surface area contributed by atoms with Gasteiger partial charge in [0.25, 0.3) is 0 Å². The average Bonchev–Trinajstić information content (AvgIpc) is 3.22. The normalized spacial score (nSPS) is 26.9. The molecule has 3 aliphatic rings. The van der Waals surface area contributed by atoms with Gasteiger partial charge in [0.2, 0.25) is 0 Å². The summed E-state index contributed by atoms with van der Waals surface area (Å²) in [6, 6.07) is 6.55. The van der Waals surface area contributed by atoms with E-state index in [-0.39, 0.29) is 30.7 Å². The van der Waals surface area contributed by atoms with Gasteiger partial charge in [0.05, 0.1) is 57.3 Å². The van der Waals surface area contributed by atoms with Crippen molar-refractivity contribution in [2.45, 2.75) is 57.0 Å². The first-order chi connectivity index (χ1) is 19.0. The number of aromatic nitrogens is 4. The molecule has 0 saturated carbocycles. The molecule has 3 aromatic rings. The van der Waals surface area contributed by atoms with E-state index in [4.69, 9.17) is 14.2 Å². The van der Waals surface area contributed by atoms with Crippen molar-refractivity contribution in [2.75, 3.05) is 58.1 Å². The number of alkyl halides is 1. The van der Waals surface area contributed by atoms with Gasteiger partial charge in [0.1, 0.15) is 18.1 Å². The molecule has 5 heterocycles. The zero-order valence-electron chi connectivity index (χ0n) is 22.8. The number of methoxy groups -OCH3 is 1. The first-order valence-corrected chi connectivity index (χ1v) is 13.8. The van der Waals surface area contributed by atoms with Crippen LogP contribution >= 0.6 is 0 Å². The number of rotatable bonds is 6. The van der Waals surface area contributed by atoms with E-state index in [9.17, 15) is 5.11 Å². The second kappa shape index (κ2) is 11.0. The van der Waals surface area contributed by atoms with Gasteiger partial charge in [-0.2, -0.15) is 15.1 Å². The van der Waals surface area contributed by atoms with Crippen molar-refractivity contribution in [3.8, 4) is 11.8 Å². The fourth-order valence-electron chi connectivity index (χ4n) is 6.16. The minimum absolute atomic E-state index is 0.0679. The number of benzene rings is 1. The SMILES string of the molecule is COc1nc(N2CCO[C@@H](CO)C2C)cc(-n2ncc3cc(C)c(C4CCCN(C5COC5)CC4F)cc32)n1. The third-order valence-electron chi connectivity index (χ3n) is 8.54. The highest BCUT2D eigenvalue weighted by atomic mass is 19.1. The van der Waals surface area contributed by atoms with E-state index in [1.54, 1.807) is 4.68 Å². The maximum atomic E-state index is 15.8. The molecule has 0 radical (unpaired) electrons. The molecule has 1 N–H and O–H groups in total. The number of aliphatic hydroxyl groups excluding tert-OH is 1. The van der Waals surface area contributed by atoms with Crippen molar-refractivity contribution in [1.82, 2.24) is 24.6 Å². The van der Waals surface area contributed by atoms with Crippen molar-refractivity contribution >= 4 is 16.7 Å². The maximum absolute atomic E-state index is 15.8. The van der Waals surface area contributed by atoms with Crippen LogP contribution in [0.15, 0.2) is 24.4 Å². The summed E-state index contributed by atoms with van der Waals surface area (Å²) in [5.74, 6) is 1.06. The number of nitrogens with zero attached hydrogens (tertiary/aromatic N) is 6. The molecule has 11 heteroatoms. The molecule has 0 spiro atoms. The predicted octanol–water partition coefficient (Wildman–Crippen LogP) is 2.63. The fraction of sp³-hybridized carbons (Fsp3) is 0.607. The Balaban J connectivity index is 1.36. The van der Waals surface area contributed by atoms with Crippen LogP contribution in [0.3, 0.4) is 0 Å². The number of fused-ring (bicyclic) bond motifs is 1. The van der Waals surface area contributed by atoms with E-state index < -0.39 is 6.17 Å². The number of ether oxygens (including phenoxy) is 3. The molecule has 1 aromatic carbocycles. The zero-order valence-corrected chi connectivity index (χ0v) is 22.8.